The van der Waals surface area contributed by atoms with Crippen molar-refractivity contribution in [1.29, 1.82) is 0 Å². The number of carbonyl (C=O) groups excluding carboxylic acids is 1. The Kier molecular flexibility index (Phi) is 6.26. The quantitative estimate of drug-likeness (QED) is 0.784. The van der Waals surface area contributed by atoms with Gasteiger partial charge in [0.05, 0.1) is 18.7 Å². The molecule has 5 nitrogen and oxygen atoms in total. The molecule has 1 N–H and O–H groups in total. The number of carbonyl (C=O) groups is 1. The highest BCUT2D eigenvalue weighted by atomic mass is 32.1. The van der Waals surface area contributed by atoms with Crippen LogP contribution >= 0.6 is 11.3 Å². The highest BCUT2D eigenvalue weighted by Crippen LogP contribution is 2.19. The molecular weight excluding hydrogens is 276 g/mol. The zero-order valence-corrected chi connectivity index (χ0v) is 12.7. The third kappa shape index (κ3) is 5.09. The van der Waals surface area contributed by atoms with Gasteiger partial charge in [-0.15, -0.1) is 11.3 Å². The molecule has 0 aliphatic carbocycles. The molecule has 0 saturated carbocycles. The van der Waals surface area contributed by atoms with Gasteiger partial charge in [-0.05, 0) is 25.7 Å². The third-order valence-electron chi connectivity index (χ3n) is 3.33. The van der Waals surface area contributed by atoms with E-state index in [2.05, 4.69) is 10.3 Å². The van der Waals surface area contributed by atoms with E-state index in [0.29, 0.717) is 25.4 Å². The summed E-state index contributed by atoms with van der Waals surface area (Å²) < 4.78 is 10.3. The molecule has 2 heterocycles. The Hall–Kier alpha value is -1.14. The van der Waals surface area contributed by atoms with Gasteiger partial charge >= 0.3 is 5.97 Å². The van der Waals surface area contributed by atoms with E-state index in [1.54, 1.807) is 11.3 Å². The second kappa shape index (κ2) is 8.21. The predicted octanol–water partition coefficient (Wildman–Crippen LogP) is 2.48. The summed E-state index contributed by atoms with van der Waals surface area (Å²) in [6, 6.07) is 0. The number of rotatable bonds is 7. The first-order valence-electron chi connectivity index (χ1n) is 7.19. The van der Waals surface area contributed by atoms with E-state index >= 15 is 0 Å². The lowest BCUT2D eigenvalue weighted by atomic mass is 10.0. The number of thiazole rings is 1. The van der Waals surface area contributed by atoms with E-state index < -0.39 is 0 Å². The molecule has 1 aromatic rings. The summed E-state index contributed by atoms with van der Waals surface area (Å²) in [6.07, 6.45) is 3.29. The molecule has 0 bridgehead atoms. The molecule has 0 atom stereocenters. The average molecular weight is 298 g/mol. The lowest BCUT2D eigenvalue weighted by Crippen LogP contribution is -2.22. The molecule has 2 rings (SSSR count). The van der Waals surface area contributed by atoms with Crippen molar-refractivity contribution >= 4 is 22.4 Å². The van der Waals surface area contributed by atoms with Gasteiger partial charge in [0.1, 0.15) is 0 Å². The normalized spacial score (nSPS) is 16.1. The van der Waals surface area contributed by atoms with Crippen molar-refractivity contribution in [3.05, 3.63) is 11.1 Å². The van der Waals surface area contributed by atoms with E-state index in [4.69, 9.17) is 9.47 Å². The number of hydrogen-bond donors (Lipinski definition) is 1. The Morgan fingerprint density at radius 1 is 1.55 bits per heavy atom. The first-order chi connectivity index (χ1) is 9.78. The SMILES string of the molecule is CCOC(=O)CCc1csc(NCC2CCOCC2)n1. The van der Waals surface area contributed by atoms with Crippen LogP contribution < -0.4 is 5.32 Å². The van der Waals surface area contributed by atoms with Crippen LogP contribution in [-0.4, -0.2) is 37.3 Å². The summed E-state index contributed by atoms with van der Waals surface area (Å²) in [5.41, 5.74) is 0.956. The molecule has 1 aromatic heterocycles. The molecule has 112 valence electrons. The maximum absolute atomic E-state index is 11.3. The molecular formula is C14H22N2O3S. The number of aromatic nitrogens is 1. The zero-order chi connectivity index (χ0) is 14.2. The summed E-state index contributed by atoms with van der Waals surface area (Å²) in [5, 5.41) is 6.33. The van der Waals surface area contributed by atoms with E-state index in [1.165, 1.54) is 0 Å². The van der Waals surface area contributed by atoms with Crippen molar-refractivity contribution in [3.8, 4) is 0 Å². The van der Waals surface area contributed by atoms with Crippen LogP contribution in [0.4, 0.5) is 5.13 Å². The van der Waals surface area contributed by atoms with Crippen LogP contribution in [0.3, 0.4) is 0 Å². The standard InChI is InChI=1S/C14H22N2O3S/c1-2-19-13(17)4-3-12-10-20-14(16-12)15-9-11-5-7-18-8-6-11/h10-11H,2-9H2,1H3,(H,15,16). The van der Waals surface area contributed by atoms with Gasteiger partial charge < -0.3 is 14.8 Å². The number of anilines is 1. The van der Waals surface area contributed by atoms with Crippen LogP contribution in [0.5, 0.6) is 0 Å². The fourth-order valence-corrected chi connectivity index (χ4v) is 2.90. The first-order valence-corrected chi connectivity index (χ1v) is 8.07. The minimum atomic E-state index is -0.155. The zero-order valence-electron chi connectivity index (χ0n) is 11.9. The monoisotopic (exact) mass is 298 g/mol. The molecule has 6 heteroatoms. The van der Waals surface area contributed by atoms with E-state index in [0.717, 1.165) is 43.4 Å². The van der Waals surface area contributed by atoms with E-state index in [1.807, 2.05) is 12.3 Å². The fraction of sp³-hybridized carbons (Fsp3) is 0.714. The fourth-order valence-electron chi connectivity index (χ4n) is 2.15. The lowest BCUT2D eigenvalue weighted by molar-refractivity contribution is -0.143. The molecule has 0 aromatic carbocycles. The molecule has 0 spiro atoms. The molecule has 1 aliphatic heterocycles. The maximum atomic E-state index is 11.3. The number of aryl methyl sites for hydroxylation is 1. The van der Waals surface area contributed by atoms with Gasteiger partial charge in [0.25, 0.3) is 0 Å². The number of esters is 1. The Labute approximate surface area is 123 Å². The van der Waals surface area contributed by atoms with E-state index in [9.17, 15) is 4.79 Å². The number of nitrogens with zero attached hydrogens (tertiary/aromatic N) is 1. The molecule has 1 aliphatic rings. The Balaban J connectivity index is 1.70. The Bertz CT molecular complexity index is 416. The summed E-state index contributed by atoms with van der Waals surface area (Å²) in [4.78, 5) is 15.8. The lowest BCUT2D eigenvalue weighted by Gasteiger charge is -2.21. The number of nitrogens with one attached hydrogen (secondary N) is 1. The van der Waals surface area contributed by atoms with Crippen molar-refractivity contribution in [3.63, 3.8) is 0 Å². The molecule has 20 heavy (non-hydrogen) atoms. The van der Waals surface area contributed by atoms with Crippen LogP contribution in [0, 0.1) is 5.92 Å². The molecule has 0 radical (unpaired) electrons. The van der Waals surface area contributed by atoms with Crippen LogP contribution in [0.15, 0.2) is 5.38 Å². The van der Waals surface area contributed by atoms with Crippen molar-refractivity contribution in [2.75, 3.05) is 31.7 Å². The largest absolute Gasteiger partial charge is 0.466 e. The van der Waals surface area contributed by atoms with Gasteiger partial charge in [-0.3, -0.25) is 4.79 Å². The van der Waals surface area contributed by atoms with Gasteiger partial charge in [0.15, 0.2) is 5.13 Å². The second-order valence-electron chi connectivity index (χ2n) is 4.89. The van der Waals surface area contributed by atoms with Crippen molar-refractivity contribution < 1.29 is 14.3 Å². The molecule has 1 fully saturated rings. The third-order valence-corrected chi connectivity index (χ3v) is 4.17. The summed E-state index contributed by atoms with van der Waals surface area (Å²) in [6.45, 7) is 4.95. The van der Waals surface area contributed by atoms with Crippen LogP contribution in [-0.2, 0) is 20.7 Å². The number of hydrogen-bond acceptors (Lipinski definition) is 6. The maximum Gasteiger partial charge on any atom is 0.306 e. The number of ether oxygens (including phenoxy) is 2. The smallest absolute Gasteiger partial charge is 0.306 e. The molecule has 0 amide bonds. The minimum Gasteiger partial charge on any atom is -0.466 e. The van der Waals surface area contributed by atoms with Crippen LogP contribution in [0.1, 0.15) is 31.9 Å². The molecule has 0 unspecified atom stereocenters. The van der Waals surface area contributed by atoms with Gasteiger partial charge in [0.2, 0.25) is 0 Å². The highest BCUT2D eigenvalue weighted by molar-refractivity contribution is 7.13. The minimum absolute atomic E-state index is 0.155. The highest BCUT2D eigenvalue weighted by Gasteiger charge is 2.14. The predicted molar refractivity (Wildman–Crippen MR) is 79.1 cm³/mol. The Morgan fingerprint density at radius 3 is 3.10 bits per heavy atom. The Morgan fingerprint density at radius 2 is 2.35 bits per heavy atom. The van der Waals surface area contributed by atoms with Crippen LogP contribution in [0.25, 0.3) is 0 Å². The van der Waals surface area contributed by atoms with Crippen molar-refractivity contribution in [2.45, 2.75) is 32.6 Å². The topological polar surface area (TPSA) is 60.5 Å². The summed E-state index contributed by atoms with van der Waals surface area (Å²) >= 11 is 1.60. The van der Waals surface area contributed by atoms with E-state index in [-0.39, 0.29) is 5.97 Å². The van der Waals surface area contributed by atoms with Gasteiger partial charge in [-0.25, -0.2) is 4.98 Å². The molecule has 1 saturated heterocycles. The van der Waals surface area contributed by atoms with Gasteiger partial charge in [-0.1, -0.05) is 0 Å². The van der Waals surface area contributed by atoms with Crippen molar-refractivity contribution in [1.82, 2.24) is 4.98 Å². The summed E-state index contributed by atoms with van der Waals surface area (Å²) in [5.74, 6) is 0.521. The van der Waals surface area contributed by atoms with Gasteiger partial charge in [-0.2, -0.15) is 0 Å². The van der Waals surface area contributed by atoms with Crippen LogP contribution in [0.2, 0.25) is 0 Å². The first kappa shape index (κ1) is 15.3. The average Bonchev–Trinajstić information content (AvgIpc) is 2.92. The van der Waals surface area contributed by atoms with Gasteiger partial charge in [0, 0.05) is 31.6 Å². The summed E-state index contributed by atoms with van der Waals surface area (Å²) in [7, 11) is 0. The second-order valence-corrected chi connectivity index (χ2v) is 5.74. The van der Waals surface area contributed by atoms with Crippen molar-refractivity contribution in [2.24, 2.45) is 5.92 Å².